The van der Waals surface area contributed by atoms with Crippen molar-refractivity contribution in [3.05, 3.63) is 70.8 Å². The largest absolute Gasteiger partial charge is 0.298 e. The summed E-state index contributed by atoms with van der Waals surface area (Å²) in [5, 5.41) is 2.68. The number of aryl methyl sites for hydroxylation is 2. The molecule has 1 aliphatic heterocycles. The van der Waals surface area contributed by atoms with Gasteiger partial charge in [0.15, 0.2) is 5.11 Å². The molecule has 1 fully saturated rings. The Morgan fingerprint density at radius 2 is 1.46 bits per heavy atom. The van der Waals surface area contributed by atoms with Crippen LogP contribution in [0.25, 0.3) is 6.08 Å². The molecule has 1 N–H and O–H groups in total. The van der Waals surface area contributed by atoms with Crippen LogP contribution in [-0.2, 0) is 9.59 Å². The molecule has 2 amide bonds. The van der Waals surface area contributed by atoms with E-state index in [1.807, 2.05) is 50.2 Å². The summed E-state index contributed by atoms with van der Waals surface area (Å²) in [7, 11) is 0. The fourth-order valence-electron chi connectivity index (χ4n) is 2.42. The minimum atomic E-state index is -0.478. The van der Waals surface area contributed by atoms with Crippen LogP contribution in [0.1, 0.15) is 16.7 Å². The van der Waals surface area contributed by atoms with Gasteiger partial charge < -0.3 is 0 Å². The molecule has 0 spiro atoms. The third kappa shape index (κ3) is 3.12. The van der Waals surface area contributed by atoms with Crippen molar-refractivity contribution in [2.75, 3.05) is 4.90 Å². The first kappa shape index (κ1) is 16.1. The first-order valence-corrected chi connectivity index (χ1v) is 7.91. The average Bonchev–Trinajstić information content (AvgIpc) is 2.55. The first-order valence-electron chi connectivity index (χ1n) is 7.50. The van der Waals surface area contributed by atoms with Gasteiger partial charge in [-0.1, -0.05) is 47.5 Å². The molecule has 24 heavy (non-hydrogen) atoms. The van der Waals surface area contributed by atoms with E-state index >= 15 is 0 Å². The summed E-state index contributed by atoms with van der Waals surface area (Å²) in [6.45, 7) is 3.94. The van der Waals surface area contributed by atoms with E-state index in [1.54, 1.807) is 18.2 Å². The van der Waals surface area contributed by atoms with Crippen LogP contribution in [-0.4, -0.2) is 16.9 Å². The molecular formula is C19H16N2O2S. The van der Waals surface area contributed by atoms with Crippen molar-refractivity contribution in [2.45, 2.75) is 13.8 Å². The Hall–Kier alpha value is -2.79. The lowest BCUT2D eigenvalue weighted by atomic mass is 10.1. The number of rotatable bonds is 2. The summed E-state index contributed by atoms with van der Waals surface area (Å²) < 4.78 is 0. The van der Waals surface area contributed by atoms with Crippen molar-refractivity contribution in [2.24, 2.45) is 0 Å². The fraction of sp³-hybridized carbons (Fsp3) is 0.105. The molecule has 0 saturated carbocycles. The molecule has 2 aromatic rings. The number of nitrogens with zero attached hydrogens (tertiary/aromatic N) is 1. The zero-order chi connectivity index (χ0) is 17.3. The topological polar surface area (TPSA) is 49.4 Å². The highest BCUT2D eigenvalue weighted by molar-refractivity contribution is 7.80. The molecule has 0 bridgehead atoms. The van der Waals surface area contributed by atoms with Gasteiger partial charge in [-0.3, -0.25) is 19.8 Å². The van der Waals surface area contributed by atoms with Crippen LogP contribution >= 0.6 is 12.2 Å². The van der Waals surface area contributed by atoms with Gasteiger partial charge >= 0.3 is 0 Å². The Morgan fingerprint density at radius 1 is 0.917 bits per heavy atom. The number of benzene rings is 2. The first-order chi connectivity index (χ1) is 11.5. The van der Waals surface area contributed by atoms with Gasteiger partial charge in [0.05, 0.1) is 5.69 Å². The maximum Gasteiger partial charge on any atom is 0.270 e. The number of carbonyl (C=O) groups excluding carboxylic acids is 2. The Bertz CT molecular complexity index is 852. The highest BCUT2D eigenvalue weighted by Crippen LogP contribution is 2.22. The van der Waals surface area contributed by atoms with E-state index < -0.39 is 11.8 Å². The molecule has 0 aliphatic carbocycles. The summed E-state index contributed by atoms with van der Waals surface area (Å²) >= 11 is 5.18. The van der Waals surface area contributed by atoms with Crippen LogP contribution in [0.2, 0.25) is 0 Å². The minimum absolute atomic E-state index is 0.0630. The smallest absolute Gasteiger partial charge is 0.270 e. The summed E-state index contributed by atoms with van der Waals surface area (Å²) in [6, 6.07) is 15.0. The zero-order valence-electron chi connectivity index (χ0n) is 13.4. The molecule has 0 unspecified atom stereocenters. The number of hydrogen-bond acceptors (Lipinski definition) is 3. The normalized spacial score (nSPS) is 16.5. The summed E-state index contributed by atoms with van der Waals surface area (Å²) in [6.07, 6.45) is 1.58. The van der Waals surface area contributed by atoms with Gasteiger partial charge in [0.2, 0.25) is 0 Å². The highest BCUT2D eigenvalue weighted by Gasteiger charge is 2.34. The Kier molecular flexibility index (Phi) is 4.27. The lowest BCUT2D eigenvalue weighted by molar-refractivity contribution is -0.122. The predicted molar refractivity (Wildman–Crippen MR) is 98.6 cm³/mol. The monoisotopic (exact) mass is 336 g/mol. The van der Waals surface area contributed by atoms with Crippen LogP contribution < -0.4 is 10.2 Å². The van der Waals surface area contributed by atoms with Gasteiger partial charge in [-0.15, -0.1) is 0 Å². The number of amides is 2. The van der Waals surface area contributed by atoms with Crippen LogP contribution in [0.15, 0.2) is 54.1 Å². The zero-order valence-corrected chi connectivity index (χ0v) is 14.2. The van der Waals surface area contributed by atoms with E-state index in [1.165, 1.54) is 4.90 Å². The molecule has 120 valence electrons. The van der Waals surface area contributed by atoms with E-state index in [4.69, 9.17) is 12.2 Å². The lowest BCUT2D eigenvalue weighted by Crippen LogP contribution is -2.54. The lowest BCUT2D eigenvalue weighted by Gasteiger charge is -2.29. The number of hydrogen-bond donors (Lipinski definition) is 1. The van der Waals surface area contributed by atoms with Crippen molar-refractivity contribution >= 4 is 40.9 Å². The fourth-order valence-corrected chi connectivity index (χ4v) is 2.70. The van der Waals surface area contributed by atoms with E-state index in [9.17, 15) is 9.59 Å². The molecule has 1 aliphatic rings. The molecule has 4 nitrogen and oxygen atoms in total. The summed E-state index contributed by atoms with van der Waals surface area (Å²) in [5.41, 5.74) is 3.67. The van der Waals surface area contributed by atoms with Crippen LogP contribution in [0.4, 0.5) is 5.69 Å². The number of carbonyl (C=O) groups is 2. The van der Waals surface area contributed by atoms with Gasteiger partial charge in [0.25, 0.3) is 11.8 Å². The third-order valence-corrected chi connectivity index (χ3v) is 4.07. The van der Waals surface area contributed by atoms with E-state index in [-0.39, 0.29) is 10.7 Å². The maximum absolute atomic E-state index is 12.8. The van der Waals surface area contributed by atoms with Crippen LogP contribution in [0, 0.1) is 13.8 Å². The van der Waals surface area contributed by atoms with Crippen LogP contribution in [0.3, 0.4) is 0 Å². The van der Waals surface area contributed by atoms with Gasteiger partial charge in [-0.2, -0.15) is 0 Å². The molecule has 1 saturated heterocycles. The van der Waals surface area contributed by atoms with Crippen molar-refractivity contribution in [1.29, 1.82) is 0 Å². The molecular weight excluding hydrogens is 320 g/mol. The molecule has 0 aromatic heterocycles. The molecule has 3 rings (SSSR count). The van der Waals surface area contributed by atoms with Gasteiger partial charge in [-0.25, -0.2) is 0 Å². The molecule has 0 radical (unpaired) electrons. The van der Waals surface area contributed by atoms with Gasteiger partial charge in [-0.05, 0) is 49.8 Å². The van der Waals surface area contributed by atoms with Crippen molar-refractivity contribution in [1.82, 2.24) is 5.32 Å². The van der Waals surface area contributed by atoms with E-state index in [0.717, 1.165) is 16.7 Å². The van der Waals surface area contributed by atoms with Crippen molar-refractivity contribution in [3.8, 4) is 0 Å². The van der Waals surface area contributed by atoms with Gasteiger partial charge in [0, 0.05) is 0 Å². The highest BCUT2D eigenvalue weighted by atomic mass is 32.1. The molecule has 2 aromatic carbocycles. The average molecular weight is 336 g/mol. The Morgan fingerprint density at radius 3 is 2.04 bits per heavy atom. The molecule has 0 atom stereocenters. The second kappa shape index (κ2) is 6.37. The Labute approximate surface area is 145 Å². The van der Waals surface area contributed by atoms with Crippen molar-refractivity contribution < 1.29 is 9.59 Å². The second-order valence-electron chi connectivity index (χ2n) is 5.70. The van der Waals surface area contributed by atoms with Crippen LogP contribution in [0.5, 0.6) is 0 Å². The van der Waals surface area contributed by atoms with Gasteiger partial charge in [0.1, 0.15) is 5.57 Å². The number of nitrogens with one attached hydrogen (secondary N) is 1. The second-order valence-corrected chi connectivity index (χ2v) is 6.09. The summed E-state index contributed by atoms with van der Waals surface area (Å²) in [5.74, 6) is -0.901. The Balaban J connectivity index is 1.99. The maximum atomic E-state index is 12.8. The minimum Gasteiger partial charge on any atom is -0.298 e. The predicted octanol–water partition coefficient (Wildman–Crippen LogP) is 3.13. The SMILES string of the molecule is Cc1ccc(C=C2C(=O)NC(=S)N(c3ccc(C)cc3)C2=O)cc1. The number of thiocarbonyl (C=S) groups is 1. The standard InChI is InChI=1S/C19H16N2O2S/c1-12-3-7-14(8-4-12)11-16-17(22)20-19(24)21(18(16)23)15-9-5-13(2)6-10-15/h3-11H,1-2H3,(H,20,22,24). The number of anilines is 1. The van der Waals surface area contributed by atoms with E-state index in [0.29, 0.717) is 5.69 Å². The quantitative estimate of drug-likeness (QED) is 0.521. The summed E-state index contributed by atoms with van der Waals surface area (Å²) in [4.78, 5) is 26.4. The van der Waals surface area contributed by atoms with Crippen molar-refractivity contribution in [3.63, 3.8) is 0 Å². The molecule has 5 heteroatoms. The third-order valence-electron chi connectivity index (χ3n) is 3.78. The molecule has 1 heterocycles. The van der Waals surface area contributed by atoms with E-state index in [2.05, 4.69) is 5.32 Å².